The highest BCUT2D eigenvalue weighted by Gasteiger charge is 2.51. The van der Waals surface area contributed by atoms with E-state index < -0.39 is 48.4 Å². The van der Waals surface area contributed by atoms with E-state index >= 15 is 0 Å². The first-order valence-electron chi connectivity index (χ1n) is 13.6. The SMILES string of the molecule is NC(=O)CCc1cn([C@@H]2O[C@H](COC(=O)c3ccccc3)[C@@H](OC(=O)c3ccccc3)[C@H]2OC(=O)c2ccccc2)cn1. The summed E-state index contributed by atoms with van der Waals surface area (Å²) >= 11 is 0. The van der Waals surface area contributed by atoms with Gasteiger partial charge in [-0.2, -0.15) is 0 Å². The fourth-order valence-electron chi connectivity index (χ4n) is 4.60. The van der Waals surface area contributed by atoms with Crippen LogP contribution in [0.2, 0.25) is 0 Å². The number of aromatic nitrogens is 2. The molecule has 1 saturated heterocycles. The number of carbonyl (C=O) groups excluding carboxylic acids is 4. The van der Waals surface area contributed by atoms with Gasteiger partial charge >= 0.3 is 17.9 Å². The summed E-state index contributed by atoms with van der Waals surface area (Å²) < 4.78 is 25.2. The van der Waals surface area contributed by atoms with Gasteiger partial charge in [0.15, 0.2) is 18.4 Å². The van der Waals surface area contributed by atoms with E-state index in [1.807, 2.05) is 0 Å². The second kappa shape index (κ2) is 13.6. The van der Waals surface area contributed by atoms with Gasteiger partial charge in [-0.25, -0.2) is 19.4 Å². The molecule has 1 aromatic heterocycles. The Kier molecular flexibility index (Phi) is 9.23. The minimum absolute atomic E-state index is 0.0876. The number of nitrogens with two attached hydrogens (primary N) is 1. The van der Waals surface area contributed by atoms with Crippen molar-refractivity contribution in [2.75, 3.05) is 6.61 Å². The molecular weight excluding hydrogens is 554 g/mol. The highest BCUT2D eigenvalue weighted by molar-refractivity contribution is 5.91. The number of esters is 3. The third-order valence-electron chi connectivity index (χ3n) is 6.76. The number of ether oxygens (including phenoxy) is 4. The number of benzene rings is 3. The van der Waals surface area contributed by atoms with Gasteiger partial charge in [0.25, 0.3) is 0 Å². The molecule has 0 radical (unpaired) electrons. The zero-order valence-corrected chi connectivity index (χ0v) is 23.0. The molecule has 1 fully saturated rings. The molecule has 1 amide bonds. The van der Waals surface area contributed by atoms with E-state index in [0.29, 0.717) is 11.3 Å². The molecule has 2 N–H and O–H groups in total. The van der Waals surface area contributed by atoms with Crippen LogP contribution in [0, 0.1) is 0 Å². The second-order valence-corrected chi connectivity index (χ2v) is 9.78. The molecule has 0 unspecified atom stereocenters. The number of hydrogen-bond donors (Lipinski definition) is 1. The monoisotopic (exact) mass is 583 g/mol. The van der Waals surface area contributed by atoms with Gasteiger partial charge in [-0.3, -0.25) is 4.79 Å². The maximum Gasteiger partial charge on any atom is 0.338 e. The fourth-order valence-corrected chi connectivity index (χ4v) is 4.60. The van der Waals surface area contributed by atoms with Crippen LogP contribution in [0.25, 0.3) is 0 Å². The Hall–Kier alpha value is -5.29. The van der Waals surface area contributed by atoms with E-state index in [2.05, 4.69) is 4.98 Å². The van der Waals surface area contributed by atoms with E-state index in [9.17, 15) is 19.2 Å². The van der Waals surface area contributed by atoms with Crippen LogP contribution in [0.4, 0.5) is 0 Å². The molecule has 11 heteroatoms. The maximum absolute atomic E-state index is 13.2. The minimum Gasteiger partial charge on any atom is -0.459 e. The lowest BCUT2D eigenvalue weighted by atomic mass is 10.1. The fraction of sp³-hybridized carbons (Fsp3) is 0.219. The smallest absolute Gasteiger partial charge is 0.338 e. The zero-order valence-electron chi connectivity index (χ0n) is 23.0. The molecule has 4 atom stereocenters. The van der Waals surface area contributed by atoms with Crippen LogP contribution in [-0.4, -0.2) is 58.3 Å². The molecule has 1 aliphatic rings. The normalized spacial score (nSPS) is 19.3. The molecule has 1 aliphatic heterocycles. The molecule has 220 valence electrons. The van der Waals surface area contributed by atoms with Gasteiger partial charge in [-0.1, -0.05) is 54.6 Å². The van der Waals surface area contributed by atoms with E-state index in [4.69, 9.17) is 24.7 Å². The predicted octanol–water partition coefficient (Wildman–Crippen LogP) is 3.51. The van der Waals surface area contributed by atoms with Crippen molar-refractivity contribution in [1.82, 2.24) is 9.55 Å². The first-order valence-corrected chi connectivity index (χ1v) is 13.6. The van der Waals surface area contributed by atoms with Crippen LogP contribution in [-0.2, 0) is 30.2 Å². The molecule has 5 rings (SSSR count). The number of nitrogens with zero attached hydrogens (tertiary/aromatic N) is 2. The molecule has 4 aromatic rings. The van der Waals surface area contributed by atoms with Crippen molar-refractivity contribution < 1.29 is 38.1 Å². The number of aryl methyl sites for hydroxylation is 1. The quantitative estimate of drug-likeness (QED) is 0.207. The minimum atomic E-state index is -1.18. The van der Waals surface area contributed by atoms with E-state index in [1.165, 1.54) is 6.33 Å². The molecule has 3 aromatic carbocycles. The standard InChI is InChI=1S/C32H29N3O8/c33-26(36)17-16-24-18-35(20-34-24)29-28(43-32(39)23-14-8-3-9-15-23)27(42-31(38)22-12-6-2-7-13-22)25(41-29)19-40-30(37)21-10-4-1-5-11-21/h1-15,18,20,25,27-29H,16-17,19H2,(H2,33,36)/t25-,27-,28-,29-/m1/s1. The second-order valence-electron chi connectivity index (χ2n) is 9.78. The van der Waals surface area contributed by atoms with Crippen molar-refractivity contribution in [3.63, 3.8) is 0 Å². The number of carbonyl (C=O) groups is 4. The number of amides is 1. The van der Waals surface area contributed by atoms with Gasteiger partial charge in [-0.15, -0.1) is 0 Å². The largest absolute Gasteiger partial charge is 0.459 e. The molecule has 11 nitrogen and oxygen atoms in total. The Balaban J connectivity index is 1.45. The Labute approximate surface area is 247 Å². The summed E-state index contributed by atoms with van der Waals surface area (Å²) in [6.07, 6.45) is -0.918. The highest BCUT2D eigenvalue weighted by atomic mass is 16.7. The van der Waals surface area contributed by atoms with Crippen molar-refractivity contribution >= 4 is 23.8 Å². The van der Waals surface area contributed by atoms with Gasteiger partial charge in [-0.05, 0) is 42.8 Å². The van der Waals surface area contributed by atoms with Crippen molar-refractivity contribution in [2.24, 2.45) is 5.73 Å². The number of imidazole rings is 1. The first kappa shape index (κ1) is 29.2. The van der Waals surface area contributed by atoms with Crippen molar-refractivity contribution in [2.45, 2.75) is 37.4 Å². The summed E-state index contributed by atoms with van der Waals surface area (Å²) in [6.45, 7) is -0.306. The maximum atomic E-state index is 13.2. The average Bonchev–Trinajstić information content (AvgIpc) is 3.64. The lowest BCUT2D eigenvalue weighted by molar-refractivity contribution is -0.118. The average molecular weight is 584 g/mol. The summed E-state index contributed by atoms with van der Waals surface area (Å²) in [5, 5.41) is 0. The van der Waals surface area contributed by atoms with Gasteiger partial charge in [0.2, 0.25) is 5.91 Å². The van der Waals surface area contributed by atoms with Crippen molar-refractivity contribution in [3.8, 4) is 0 Å². The summed E-state index contributed by atoms with van der Waals surface area (Å²) in [4.78, 5) is 54.8. The van der Waals surface area contributed by atoms with E-state index in [-0.39, 0.29) is 30.6 Å². The third kappa shape index (κ3) is 7.32. The predicted molar refractivity (Wildman–Crippen MR) is 152 cm³/mol. The van der Waals surface area contributed by atoms with Gasteiger partial charge in [0.1, 0.15) is 12.7 Å². The molecule has 0 saturated carbocycles. The summed E-state index contributed by atoms with van der Waals surface area (Å²) in [6, 6.07) is 25.1. The molecule has 0 aliphatic carbocycles. The third-order valence-corrected chi connectivity index (χ3v) is 6.76. The Morgan fingerprint density at radius 3 is 1.79 bits per heavy atom. The van der Waals surface area contributed by atoms with Crippen molar-refractivity contribution in [3.05, 3.63) is 126 Å². The van der Waals surface area contributed by atoms with Crippen LogP contribution in [0.5, 0.6) is 0 Å². The first-order chi connectivity index (χ1) is 20.9. The van der Waals surface area contributed by atoms with Crippen LogP contribution < -0.4 is 5.73 Å². The Morgan fingerprint density at radius 2 is 1.26 bits per heavy atom. The van der Waals surface area contributed by atoms with Gasteiger partial charge in [0.05, 0.1) is 28.7 Å². The van der Waals surface area contributed by atoms with Gasteiger partial charge in [0, 0.05) is 12.6 Å². The molecule has 0 bridgehead atoms. The lowest BCUT2D eigenvalue weighted by Gasteiger charge is -2.24. The summed E-state index contributed by atoms with van der Waals surface area (Å²) in [7, 11) is 0. The summed E-state index contributed by atoms with van der Waals surface area (Å²) in [5.41, 5.74) is 6.72. The topological polar surface area (TPSA) is 149 Å². The molecule has 2 heterocycles. The van der Waals surface area contributed by atoms with E-state index in [0.717, 1.165) is 0 Å². The lowest BCUT2D eigenvalue weighted by Crippen LogP contribution is -2.41. The molecule has 0 spiro atoms. The number of hydrogen-bond acceptors (Lipinski definition) is 9. The van der Waals surface area contributed by atoms with Crippen LogP contribution >= 0.6 is 0 Å². The number of rotatable bonds is 11. The Morgan fingerprint density at radius 1 is 0.744 bits per heavy atom. The van der Waals surface area contributed by atoms with Crippen molar-refractivity contribution in [1.29, 1.82) is 0 Å². The van der Waals surface area contributed by atoms with E-state index in [1.54, 1.807) is 102 Å². The van der Waals surface area contributed by atoms with Crippen LogP contribution in [0.3, 0.4) is 0 Å². The summed E-state index contributed by atoms with van der Waals surface area (Å²) in [5.74, 6) is -2.43. The van der Waals surface area contributed by atoms with Crippen LogP contribution in [0.15, 0.2) is 104 Å². The van der Waals surface area contributed by atoms with Crippen LogP contribution in [0.1, 0.15) is 49.4 Å². The molecular formula is C32H29N3O8. The molecule has 43 heavy (non-hydrogen) atoms. The zero-order chi connectivity index (χ0) is 30.2. The number of primary amides is 1. The van der Waals surface area contributed by atoms with Gasteiger partial charge < -0.3 is 29.2 Å². The Bertz CT molecular complexity index is 1560. The highest BCUT2D eigenvalue weighted by Crippen LogP contribution is 2.35.